The van der Waals surface area contributed by atoms with Gasteiger partial charge < -0.3 is 34.8 Å². The van der Waals surface area contributed by atoms with Gasteiger partial charge in [0.25, 0.3) is 5.91 Å². The van der Waals surface area contributed by atoms with E-state index in [9.17, 15) is 24.9 Å². The number of hydrogen-bond donors (Lipinski definition) is 5. The maximum Gasteiger partial charge on any atom is 0.337 e. The summed E-state index contributed by atoms with van der Waals surface area (Å²) >= 11 is 0. The number of pyridine rings is 2. The summed E-state index contributed by atoms with van der Waals surface area (Å²) in [5, 5.41) is 61.3. The molecule has 16 nitrogen and oxygen atoms in total. The lowest BCUT2D eigenvalue weighted by molar-refractivity contribution is -0.147. The average molecular weight is 833 g/mol. The number of fused-ring (bicyclic) bond motifs is 2. The summed E-state index contributed by atoms with van der Waals surface area (Å²) in [5.41, 5.74) is 7.82. The minimum Gasteiger partial charge on any atom is -0.496 e. The molecule has 312 valence electrons. The van der Waals surface area contributed by atoms with Crippen LogP contribution >= 0.6 is 0 Å². The molecule has 0 aliphatic rings. The summed E-state index contributed by atoms with van der Waals surface area (Å²) in [6.07, 6.45) is 0.352. The fourth-order valence-electron chi connectivity index (χ4n) is 6.92. The monoisotopic (exact) mass is 832 g/mol. The first-order valence-corrected chi connectivity index (χ1v) is 19.1. The Bertz CT molecular complexity index is 2960. The summed E-state index contributed by atoms with van der Waals surface area (Å²) in [4.78, 5) is 33.6. The minimum atomic E-state index is -1.61. The number of benzene rings is 4. The first-order chi connectivity index (χ1) is 30.1. The Hall–Kier alpha value is -7.97. The van der Waals surface area contributed by atoms with Crippen LogP contribution in [-0.2, 0) is 16.3 Å². The number of aliphatic carboxylic acids is 1. The second kappa shape index (κ2) is 18.5. The van der Waals surface area contributed by atoms with Crippen molar-refractivity contribution in [3.8, 4) is 62.3 Å². The van der Waals surface area contributed by atoms with Gasteiger partial charge in [-0.15, -0.1) is 0 Å². The van der Waals surface area contributed by atoms with Gasteiger partial charge in [0.2, 0.25) is 0 Å². The fourth-order valence-corrected chi connectivity index (χ4v) is 6.92. The number of aliphatic hydroxyl groups is 3. The number of ether oxygens (including phenoxy) is 2. The number of nitrogens with zero attached hydrogens (tertiary/aromatic N) is 7. The zero-order chi connectivity index (χ0) is 43.9. The van der Waals surface area contributed by atoms with E-state index in [1.54, 1.807) is 69.1 Å². The average Bonchev–Trinajstić information content (AvgIpc) is 3.92. The Kier molecular flexibility index (Phi) is 12.6. The van der Waals surface area contributed by atoms with Gasteiger partial charge in [-0.3, -0.25) is 9.89 Å². The number of carboxylic acid groups (broad SMARTS) is 1. The maximum atomic E-state index is 12.4. The van der Waals surface area contributed by atoms with Gasteiger partial charge in [-0.05, 0) is 70.8 Å². The van der Waals surface area contributed by atoms with Gasteiger partial charge in [0.15, 0.2) is 23.5 Å². The van der Waals surface area contributed by atoms with Gasteiger partial charge in [-0.1, -0.05) is 60.7 Å². The molecule has 8 aromatic rings. The first-order valence-electron chi connectivity index (χ1n) is 19.1. The third kappa shape index (κ3) is 8.53. The van der Waals surface area contributed by atoms with Crippen LogP contribution in [0.15, 0.2) is 122 Å². The van der Waals surface area contributed by atoms with Crippen LogP contribution in [0.1, 0.15) is 23.3 Å². The van der Waals surface area contributed by atoms with Crippen LogP contribution < -0.4 is 9.47 Å². The smallest absolute Gasteiger partial charge is 0.337 e. The predicted octanol–water partition coefficient (Wildman–Crippen LogP) is 6.16. The van der Waals surface area contributed by atoms with Gasteiger partial charge in [-0.2, -0.15) is 15.5 Å². The lowest BCUT2D eigenvalue weighted by Crippen LogP contribution is -2.32. The number of aliphatic hydroxyl groups excluding tert-OH is 3. The van der Waals surface area contributed by atoms with E-state index in [2.05, 4.69) is 25.3 Å². The number of methoxy groups -OCH3 is 2. The molecule has 0 bridgehead atoms. The van der Waals surface area contributed by atoms with E-state index in [4.69, 9.17) is 19.8 Å². The highest BCUT2D eigenvalue weighted by atomic mass is 16.5. The van der Waals surface area contributed by atoms with E-state index < -0.39 is 24.1 Å². The molecule has 2 unspecified atom stereocenters. The molecule has 0 aliphatic heterocycles. The topological polar surface area (TPSA) is 233 Å². The number of carbonyl (C=O) groups is 2. The molecule has 4 heterocycles. The van der Waals surface area contributed by atoms with Crippen LogP contribution in [0.3, 0.4) is 0 Å². The fraction of sp³-hybridized carbons (Fsp3) is 0.152. The molecule has 0 saturated heterocycles. The molecular weight excluding hydrogens is 793 g/mol. The Balaban J connectivity index is 0.000000187. The van der Waals surface area contributed by atoms with E-state index in [1.165, 1.54) is 16.6 Å². The molecule has 16 heteroatoms. The van der Waals surface area contributed by atoms with Crippen molar-refractivity contribution < 1.29 is 39.5 Å². The van der Waals surface area contributed by atoms with Crippen molar-refractivity contribution in [3.63, 3.8) is 0 Å². The molecule has 4 aromatic heterocycles. The van der Waals surface area contributed by atoms with Gasteiger partial charge in [0, 0.05) is 52.5 Å². The van der Waals surface area contributed by atoms with E-state index >= 15 is 0 Å². The van der Waals surface area contributed by atoms with Crippen molar-refractivity contribution in [1.82, 2.24) is 34.8 Å². The molecule has 1 amide bonds. The Morgan fingerprint density at radius 3 is 1.97 bits per heavy atom. The number of rotatable bonds is 12. The molecule has 0 saturated carbocycles. The molecule has 8 rings (SSSR count). The number of likely N-dealkylation sites (N-methyl/N-ethyl adjacent to an activating group) is 1. The summed E-state index contributed by atoms with van der Waals surface area (Å²) < 4.78 is 12.3. The lowest BCUT2D eigenvalue weighted by Gasteiger charge is -2.18. The molecular formula is C46H40N8O8. The van der Waals surface area contributed by atoms with Crippen molar-refractivity contribution in [2.24, 2.45) is 0 Å². The zero-order valence-electron chi connectivity index (χ0n) is 33.7. The number of amides is 1. The number of aromatic nitrogens is 6. The Labute approximate surface area is 354 Å². The number of nitrogens with one attached hydrogen (secondary N) is 1. The number of para-hydroxylation sites is 2. The maximum absolute atomic E-state index is 12.4. The highest BCUT2D eigenvalue weighted by molar-refractivity contribution is 5.96. The quantitative estimate of drug-likeness (QED) is 0.0870. The normalized spacial score (nSPS) is 11.9. The molecule has 4 aromatic carbocycles. The van der Waals surface area contributed by atoms with Crippen LogP contribution in [0.4, 0.5) is 0 Å². The number of nitriles is 1. The predicted molar refractivity (Wildman–Crippen MR) is 229 cm³/mol. The van der Waals surface area contributed by atoms with E-state index in [0.717, 1.165) is 38.9 Å². The van der Waals surface area contributed by atoms with Crippen LogP contribution in [0.25, 0.3) is 66.8 Å². The third-order valence-electron chi connectivity index (χ3n) is 10.1. The van der Waals surface area contributed by atoms with Crippen molar-refractivity contribution >= 4 is 33.9 Å². The number of carbonyl (C=O) groups excluding carboxylic acids is 1. The van der Waals surface area contributed by atoms with Gasteiger partial charge in [-0.25, -0.2) is 19.4 Å². The van der Waals surface area contributed by atoms with E-state index in [-0.39, 0.29) is 18.8 Å². The molecule has 62 heavy (non-hydrogen) atoms. The summed E-state index contributed by atoms with van der Waals surface area (Å²) in [6.45, 7) is -0.430. The summed E-state index contributed by atoms with van der Waals surface area (Å²) in [6, 6.07) is 34.5. The third-order valence-corrected chi connectivity index (χ3v) is 10.1. The van der Waals surface area contributed by atoms with Crippen LogP contribution in [0.5, 0.6) is 11.5 Å². The summed E-state index contributed by atoms with van der Waals surface area (Å²) in [7, 11) is 4.68. The number of carboxylic acids is 1. The minimum absolute atomic E-state index is 0.0949. The highest BCUT2D eigenvalue weighted by Crippen LogP contribution is 2.37. The molecule has 2 atom stereocenters. The molecule has 0 aliphatic carbocycles. The van der Waals surface area contributed by atoms with Gasteiger partial charge in [0.05, 0.1) is 26.0 Å². The van der Waals surface area contributed by atoms with Crippen molar-refractivity contribution in [1.29, 1.82) is 5.26 Å². The van der Waals surface area contributed by atoms with Crippen LogP contribution in [0, 0.1) is 11.3 Å². The van der Waals surface area contributed by atoms with E-state index in [0.29, 0.717) is 45.0 Å². The largest absolute Gasteiger partial charge is 0.496 e. The summed E-state index contributed by atoms with van der Waals surface area (Å²) in [5.74, 6) is -0.499. The van der Waals surface area contributed by atoms with Crippen molar-refractivity contribution in [2.75, 3.05) is 27.8 Å². The van der Waals surface area contributed by atoms with Gasteiger partial charge >= 0.3 is 5.97 Å². The second-order valence-corrected chi connectivity index (χ2v) is 13.9. The second-order valence-electron chi connectivity index (χ2n) is 13.9. The number of hydrogen-bond acceptors (Lipinski definition) is 12. The number of aromatic amines is 1. The first kappa shape index (κ1) is 42.2. The van der Waals surface area contributed by atoms with Crippen molar-refractivity contribution in [3.05, 3.63) is 133 Å². The van der Waals surface area contributed by atoms with Gasteiger partial charge in [0.1, 0.15) is 30.5 Å². The molecule has 0 fully saturated rings. The SMILES string of the molecule is COc1ccccc1-c1[nH]nc2ncc(-c3cccc(C(O)C(=O)N(C)CC#N)c3)cc12.COc1ccccc1-c1nn(CO)c2ncc(-c3cccc(C(O)C(=O)O)c3)cc12. The highest BCUT2D eigenvalue weighted by Gasteiger charge is 2.23. The number of H-pyrrole nitrogens is 1. The standard InChI is InChI=1S/C24H21N5O3.C22H19N3O5/c1-29(11-10-25)24(31)22(30)16-7-5-6-15(12-16)17-13-19-21(27-28-23(19)26-14-17)18-8-3-4-9-20(18)32-2;1-30-18-8-3-2-7-16(18)19-17-10-15(11-23-21(17)25(12-26)24-19)13-5-4-6-14(9-13)20(27)22(28)29/h3-9,12-14,22,30H,11H2,1-2H3,(H,26,27,28);2-11,20,26-27H,12H2,1H3,(H,28,29). The van der Waals surface area contributed by atoms with Crippen LogP contribution in [0.2, 0.25) is 0 Å². The van der Waals surface area contributed by atoms with Crippen molar-refractivity contribution in [2.45, 2.75) is 18.9 Å². The molecule has 0 spiro atoms. The Morgan fingerprint density at radius 1 is 0.774 bits per heavy atom. The molecule has 5 N–H and O–H groups in total. The van der Waals surface area contributed by atoms with E-state index in [1.807, 2.05) is 72.8 Å². The van der Waals surface area contributed by atoms with Crippen LogP contribution in [-0.4, -0.2) is 95.0 Å². The Morgan fingerprint density at radius 2 is 1.35 bits per heavy atom. The molecule has 0 radical (unpaired) electrons. The lowest BCUT2D eigenvalue weighted by atomic mass is 9.99. The zero-order valence-corrected chi connectivity index (χ0v) is 33.7.